The number of hydrogen-bond donors (Lipinski definition) is 1. The van der Waals surface area contributed by atoms with Crippen molar-refractivity contribution in [3.63, 3.8) is 0 Å². The summed E-state index contributed by atoms with van der Waals surface area (Å²) in [7, 11) is 0. The van der Waals surface area contributed by atoms with E-state index in [0.717, 1.165) is 32.1 Å². The highest BCUT2D eigenvalue weighted by atomic mass is 19.1. The van der Waals surface area contributed by atoms with E-state index in [4.69, 9.17) is 0 Å². The normalized spacial score (nSPS) is 19.4. The molecule has 0 aliphatic carbocycles. The van der Waals surface area contributed by atoms with Crippen molar-refractivity contribution in [2.45, 2.75) is 32.4 Å². The second kappa shape index (κ2) is 6.76. The fraction of sp³-hybridized carbons (Fsp3) is 0.571. The average Bonchev–Trinajstić information content (AvgIpc) is 2.86. The van der Waals surface area contributed by atoms with Gasteiger partial charge < -0.3 is 5.32 Å². The minimum absolute atomic E-state index is 0.0299. The van der Waals surface area contributed by atoms with Crippen LogP contribution in [0.15, 0.2) is 18.2 Å². The van der Waals surface area contributed by atoms with Gasteiger partial charge >= 0.3 is 0 Å². The molecule has 1 aromatic carbocycles. The topological polar surface area (TPSA) is 58.4 Å². The molecule has 110 valence electrons. The molecule has 5 nitrogen and oxygen atoms in total. The van der Waals surface area contributed by atoms with Crippen LogP contribution in [-0.2, 0) is 6.54 Å². The van der Waals surface area contributed by atoms with Crippen molar-refractivity contribution in [2.75, 3.05) is 19.6 Å². The molecule has 2 rings (SSSR count). The molecule has 1 aliphatic rings. The van der Waals surface area contributed by atoms with Crippen LogP contribution in [0.3, 0.4) is 0 Å². The molecule has 0 bridgehead atoms. The SMILES string of the molecule is CCN1CCCC1CNCc1cc(F)ccc1[N+](=O)[O-]. The van der Waals surface area contributed by atoms with Crippen molar-refractivity contribution in [3.05, 3.63) is 39.7 Å². The van der Waals surface area contributed by atoms with Crippen molar-refractivity contribution in [1.29, 1.82) is 0 Å². The molecular formula is C14H20FN3O2. The third-order valence-electron chi connectivity index (χ3n) is 3.84. The summed E-state index contributed by atoms with van der Waals surface area (Å²) < 4.78 is 13.2. The van der Waals surface area contributed by atoms with Gasteiger partial charge in [-0.25, -0.2) is 4.39 Å². The Labute approximate surface area is 117 Å². The second-order valence-corrected chi connectivity index (χ2v) is 5.09. The fourth-order valence-corrected chi connectivity index (χ4v) is 2.79. The van der Waals surface area contributed by atoms with E-state index in [1.807, 2.05) is 0 Å². The van der Waals surface area contributed by atoms with Crippen LogP contribution in [0.4, 0.5) is 10.1 Å². The van der Waals surface area contributed by atoms with Crippen LogP contribution in [0.1, 0.15) is 25.3 Å². The predicted octanol–water partition coefficient (Wildman–Crippen LogP) is 2.31. The fourth-order valence-electron chi connectivity index (χ4n) is 2.79. The first-order valence-electron chi connectivity index (χ1n) is 6.99. The molecule has 1 fully saturated rings. The Hall–Kier alpha value is -1.53. The lowest BCUT2D eigenvalue weighted by Crippen LogP contribution is -2.37. The molecule has 1 unspecified atom stereocenters. The number of halogens is 1. The Morgan fingerprint density at radius 2 is 2.35 bits per heavy atom. The van der Waals surface area contributed by atoms with Gasteiger partial charge in [-0.2, -0.15) is 0 Å². The number of hydrogen-bond acceptors (Lipinski definition) is 4. The Bertz CT molecular complexity index is 481. The molecule has 1 N–H and O–H groups in total. The standard InChI is InChI=1S/C14H20FN3O2/c1-2-17-7-3-4-13(17)10-16-9-11-8-12(15)5-6-14(11)18(19)20/h5-6,8,13,16H,2-4,7,9-10H2,1H3. The van der Waals surface area contributed by atoms with Gasteiger partial charge in [0, 0.05) is 30.8 Å². The molecule has 0 radical (unpaired) electrons. The quantitative estimate of drug-likeness (QED) is 0.642. The highest BCUT2D eigenvalue weighted by Gasteiger charge is 2.22. The summed E-state index contributed by atoms with van der Waals surface area (Å²) >= 11 is 0. The third-order valence-corrected chi connectivity index (χ3v) is 3.84. The lowest BCUT2D eigenvalue weighted by Gasteiger charge is -2.22. The predicted molar refractivity (Wildman–Crippen MR) is 75.0 cm³/mol. The van der Waals surface area contributed by atoms with Crippen molar-refractivity contribution < 1.29 is 9.31 Å². The number of likely N-dealkylation sites (N-methyl/N-ethyl adjacent to an activating group) is 1. The molecule has 1 aromatic rings. The zero-order valence-electron chi connectivity index (χ0n) is 11.6. The number of rotatable bonds is 6. The lowest BCUT2D eigenvalue weighted by molar-refractivity contribution is -0.385. The minimum atomic E-state index is -0.468. The molecule has 1 aliphatic heterocycles. The Morgan fingerprint density at radius 3 is 3.05 bits per heavy atom. The molecule has 0 aromatic heterocycles. The monoisotopic (exact) mass is 281 g/mol. The van der Waals surface area contributed by atoms with Gasteiger partial charge in [0.15, 0.2) is 0 Å². The molecule has 1 heterocycles. The van der Waals surface area contributed by atoms with Crippen LogP contribution in [0.25, 0.3) is 0 Å². The summed E-state index contributed by atoms with van der Waals surface area (Å²) in [6.45, 7) is 5.37. The summed E-state index contributed by atoms with van der Waals surface area (Å²) in [5.41, 5.74) is 0.369. The first-order valence-corrected chi connectivity index (χ1v) is 6.99. The number of benzene rings is 1. The maximum absolute atomic E-state index is 13.2. The van der Waals surface area contributed by atoms with E-state index < -0.39 is 10.7 Å². The summed E-state index contributed by atoms with van der Waals surface area (Å²) in [5, 5.41) is 14.1. The highest BCUT2D eigenvalue weighted by molar-refractivity contribution is 5.40. The maximum Gasteiger partial charge on any atom is 0.274 e. The van der Waals surface area contributed by atoms with E-state index >= 15 is 0 Å². The lowest BCUT2D eigenvalue weighted by atomic mass is 10.1. The van der Waals surface area contributed by atoms with Gasteiger partial charge in [-0.1, -0.05) is 6.92 Å². The number of nitrogens with one attached hydrogen (secondary N) is 1. The number of nitrogens with zero attached hydrogens (tertiary/aromatic N) is 2. The van der Waals surface area contributed by atoms with Gasteiger partial charge in [-0.15, -0.1) is 0 Å². The van der Waals surface area contributed by atoms with Crippen LogP contribution in [0.2, 0.25) is 0 Å². The number of nitro groups is 1. The zero-order chi connectivity index (χ0) is 14.5. The second-order valence-electron chi connectivity index (χ2n) is 5.09. The summed E-state index contributed by atoms with van der Waals surface area (Å²) in [6.07, 6.45) is 2.34. The van der Waals surface area contributed by atoms with Gasteiger partial charge in [-0.3, -0.25) is 15.0 Å². The molecule has 1 saturated heterocycles. The zero-order valence-corrected chi connectivity index (χ0v) is 11.6. The first kappa shape index (κ1) is 14.9. The van der Waals surface area contributed by atoms with Crippen LogP contribution in [0.5, 0.6) is 0 Å². The van der Waals surface area contributed by atoms with E-state index in [0.29, 0.717) is 18.2 Å². The van der Waals surface area contributed by atoms with Gasteiger partial charge in [0.25, 0.3) is 5.69 Å². The molecule has 0 amide bonds. The van der Waals surface area contributed by atoms with E-state index in [-0.39, 0.29) is 5.69 Å². The number of nitro benzene ring substituents is 1. The van der Waals surface area contributed by atoms with E-state index in [2.05, 4.69) is 17.1 Å². The molecule has 6 heteroatoms. The van der Waals surface area contributed by atoms with Crippen molar-refractivity contribution in [3.8, 4) is 0 Å². The van der Waals surface area contributed by atoms with Crippen LogP contribution >= 0.6 is 0 Å². The molecule has 0 spiro atoms. The smallest absolute Gasteiger partial charge is 0.274 e. The van der Waals surface area contributed by atoms with Crippen LogP contribution in [-0.4, -0.2) is 35.5 Å². The highest BCUT2D eigenvalue weighted by Crippen LogP contribution is 2.20. The van der Waals surface area contributed by atoms with Gasteiger partial charge in [0.2, 0.25) is 0 Å². The van der Waals surface area contributed by atoms with Crippen molar-refractivity contribution in [1.82, 2.24) is 10.2 Å². The van der Waals surface area contributed by atoms with Gasteiger partial charge in [0.1, 0.15) is 5.82 Å². The summed E-state index contributed by atoms with van der Waals surface area (Å²) in [5.74, 6) is -0.441. The Balaban J connectivity index is 1.93. The molecule has 20 heavy (non-hydrogen) atoms. The van der Waals surface area contributed by atoms with Crippen LogP contribution in [0, 0.1) is 15.9 Å². The van der Waals surface area contributed by atoms with Crippen molar-refractivity contribution in [2.24, 2.45) is 0 Å². The van der Waals surface area contributed by atoms with Gasteiger partial charge in [0.05, 0.1) is 4.92 Å². The summed E-state index contributed by atoms with van der Waals surface area (Å²) in [4.78, 5) is 12.8. The third kappa shape index (κ3) is 3.52. The largest absolute Gasteiger partial charge is 0.311 e. The van der Waals surface area contributed by atoms with E-state index in [1.165, 1.54) is 18.6 Å². The minimum Gasteiger partial charge on any atom is -0.311 e. The average molecular weight is 281 g/mol. The number of likely N-dealkylation sites (tertiary alicyclic amines) is 1. The van der Waals surface area contributed by atoms with Crippen molar-refractivity contribution >= 4 is 5.69 Å². The first-order chi connectivity index (χ1) is 9.61. The van der Waals surface area contributed by atoms with E-state index in [9.17, 15) is 14.5 Å². The van der Waals surface area contributed by atoms with Crippen LogP contribution < -0.4 is 5.32 Å². The Kier molecular flexibility index (Phi) is 5.03. The summed E-state index contributed by atoms with van der Waals surface area (Å²) in [6, 6.07) is 4.06. The maximum atomic E-state index is 13.2. The van der Waals surface area contributed by atoms with Gasteiger partial charge in [-0.05, 0) is 38.1 Å². The van der Waals surface area contributed by atoms with E-state index in [1.54, 1.807) is 0 Å². The molecule has 1 atom stereocenters. The Morgan fingerprint density at radius 1 is 1.55 bits per heavy atom. The molecular weight excluding hydrogens is 261 g/mol. The molecule has 0 saturated carbocycles.